The van der Waals surface area contributed by atoms with E-state index in [1.165, 1.54) is 0 Å². The molecule has 0 radical (unpaired) electrons. The van der Waals surface area contributed by atoms with Crippen molar-refractivity contribution in [2.75, 3.05) is 12.9 Å². The summed E-state index contributed by atoms with van der Waals surface area (Å²) < 4.78 is 29.5. The van der Waals surface area contributed by atoms with Crippen molar-refractivity contribution in [2.24, 2.45) is 11.8 Å². The Labute approximate surface area is 195 Å². The molecule has 0 aliphatic heterocycles. The largest absolute Gasteiger partial charge is 0.491 e. The van der Waals surface area contributed by atoms with Crippen LogP contribution < -0.4 is 9.46 Å². The molecule has 9 heteroatoms. The third-order valence-corrected chi connectivity index (χ3v) is 5.93. The second-order valence-electron chi connectivity index (χ2n) is 8.40. The van der Waals surface area contributed by atoms with Crippen LogP contribution >= 0.6 is 0 Å². The van der Waals surface area contributed by atoms with E-state index in [0.717, 1.165) is 11.8 Å². The van der Waals surface area contributed by atoms with Gasteiger partial charge < -0.3 is 14.9 Å². The molecule has 0 aromatic heterocycles. The first kappa shape index (κ1) is 26.8. The lowest BCUT2D eigenvalue weighted by atomic mass is 9.90. The van der Waals surface area contributed by atoms with E-state index in [2.05, 4.69) is 0 Å². The number of ether oxygens (including phenoxy) is 1. The smallest absolute Gasteiger partial charge is 0.233 e. The fourth-order valence-electron chi connectivity index (χ4n) is 3.73. The highest BCUT2D eigenvalue weighted by molar-refractivity contribution is 7.89. The second-order valence-corrected chi connectivity index (χ2v) is 10.1. The summed E-state index contributed by atoms with van der Waals surface area (Å²) in [4.78, 5) is 23.8. The first-order chi connectivity index (χ1) is 15.5. The molecular formula is C24H33NO7S. The molecule has 3 N–H and O–H groups in total. The molecule has 4 atom stereocenters. The number of allylic oxidation sites excluding steroid dienone is 2. The number of aliphatic hydroxyl groups excluding tert-OH is 2. The van der Waals surface area contributed by atoms with Gasteiger partial charge >= 0.3 is 0 Å². The highest BCUT2D eigenvalue weighted by Gasteiger charge is 2.39. The Morgan fingerprint density at radius 1 is 1.33 bits per heavy atom. The van der Waals surface area contributed by atoms with E-state index >= 15 is 0 Å². The van der Waals surface area contributed by atoms with Gasteiger partial charge in [-0.1, -0.05) is 36.4 Å². The Bertz CT molecular complexity index is 971. The molecule has 0 bridgehead atoms. The fourth-order valence-corrected chi connectivity index (χ4v) is 4.24. The third kappa shape index (κ3) is 9.89. The number of hydrogen-bond acceptors (Lipinski definition) is 7. The molecule has 1 saturated carbocycles. The number of unbranched alkanes of at least 4 members (excludes halogenated alkanes) is 1. The summed E-state index contributed by atoms with van der Waals surface area (Å²) in [6.07, 6.45) is 7.85. The predicted molar refractivity (Wildman–Crippen MR) is 125 cm³/mol. The van der Waals surface area contributed by atoms with Crippen LogP contribution in [0.3, 0.4) is 0 Å². The number of nitrogens with one attached hydrogen (secondary N) is 1. The molecule has 1 aromatic carbocycles. The summed E-state index contributed by atoms with van der Waals surface area (Å²) in [5.41, 5.74) is 1.05. The molecule has 8 nitrogen and oxygen atoms in total. The number of carbonyl (C=O) groups is 2. The number of hydrogen-bond donors (Lipinski definition) is 3. The quantitative estimate of drug-likeness (QED) is 0.309. The molecule has 1 fully saturated rings. The molecule has 1 unspecified atom stereocenters. The zero-order chi connectivity index (χ0) is 24.4. The maximum absolute atomic E-state index is 12.3. The van der Waals surface area contributed by atoms with Crippen molar-refractivity contribution in [3.8, 4) is 5.75 Å². The van der Waals surface area contributed by atoms with Gasteiger partial charge in [0.05, 0.1) is 12.4 Å². The number of aryl methyl sites for hydroxylation is 1. The van der Waals surface area contributed by atoms with Crippen molar-refractivity contribution in [3.63, 3.8) is 0 Å². The minimum atomic E-state index is -3.54. The van der Waals surface area contributed by atoms with Gasteiger partial charge in [0.1, 0.15) is 24.2 Å². The molecular weight excluding hydrogens is 446 g/mol. The van der Waals surface area contributed by atoms with E-state index in [1.54, 1.807) is 12.2 Å². The van der Waals surface area contributed by atoms with E-state index in [0.29, 0.717) is 25.0 Å². The zero-order valence-corrected chi connectivity index (χ0v) is 19.8. The zero-order valence-electron chi connectivity index (χ0n) is 19.0. The van der Waals surface area contributed by atoms with Gasteiger partial charge in [-0.2, -0.15) is 0 Å². The highest BCUT2D eigenvalue weighted by atomic mass is 32.2. The summed E-state index contributed by atoms with van der Waals surface area (Å²) in [7, 11) is -3.54. The van der Waals surface area contributed by atoms with E-state index in [4.69, 9.17) is 4.74 Å². The summed E-state index contributed by atoms with van der Waals surface area (Å²) in [5, 5.41) is 20.5. The van der Waals surface area contributed by atoms with Crippen molar-refractivity contribution in [2.45, 2.75) is 51.2 Å². The minimum absolute atomic E-state index is 0.0279. The Morgan fingerprint density at radius 2 is 2.09 bits per heavy atom. The number of sulfonamides is 1. The molecule has 182 valence electrons. The number of benzene rings is 1. The first-order valence-corrected chi connectivity index (χ1v) is 12.9. The Morgan fingerprint density at radius 3 is 2.79 bits per heavy atom. The maximum atomic E-state index is 12.3. The van der Waals surface area contributed by atoms with Gasteiger partial charge in [-0.15, -0.1) is 0 Å². The molecule has 2 rings (SSSR count). The molecule has 1 amide bonds. The van der Waals surface area contributed by atoms with Crippen LogP contribution in [0.2, 0.25) is 0 Å². The topological polar surface area (TPSA) is 130 Å². The molecule has 0 spiro atoms. The van der Waals surface area contributed by atoms with Crippen molar-refractivity contribution < 1.29 is 33.0 Å². The first-order valence-electron chi connectivity index (χ1n) is 11.0. The van der Waals surface area contributed by atoms with Crippen molar-refractivity contribution >= 4 is 21.7 Å². The van der Waals surface area contributed by atoms with Crippen LogP contribution in [0, 0.1) is 18.8 Å². The summed E-state index contributed by atoms with van der Waals surface area (Å²) in [6.45, 7) is 2.01. The predicted octanol–water partition coefficient (Wildman–Crippen LogP) is 2.05. The Hall–Kier alpha value is -2.49. The van der Waals surface area contributed by atoms with Gasteiger partial charge in [0, 0.05) is 24.7 Å². The standard InChI is InChI=1S/C24H33NO7S/c1-17-8-7-9-19(14-17)32-16-18(26)12-13-21-20(22(27)15-23(21)28)10-5-3-4-6-11-24(29)25-33(2,30)31/h3,5,7-9,12-14,18,20-21,23,26,28H,4,6,10-11,15-16H2,1-2H3,(H,25,29)/b5-3-,13-12+/t18-,20-,21?,23-/m1/s1. The van der Waals surface area contributed by atoms with Crippen LogP contribution in [0.4, 0.5) is 0 Å². The van der Waals surface area contributed by atoms with Crippen LogP contribution in [-0.2, 0) is 19.6 Å². The second kappa shape index (κ2) is 12.7. The van der Waals surface area contributed by atoms with Crippen LogP contribution in [0.15, 0.2) is 48.6 Å². The molecule has 0 heterocycles. The highest BCUT2D eigenvalue weighted by Crippen LogP contribution is 2.33. The molecule has 33 heavy (non-hydrogen) atoms. The lowest BCUT2D eigenvalue weighted by Gasteiger charge is -2.17. The van der Waals surface area contributed by atoms with Crippen LogP contribution in [-0.4, -0.2) is 55.4 Å². The monoisotopic (exact) mass is 479 g/mol. The maximum Gasteiger partial charge on any atom is 0.233 e. The molecule has 1 aliphatic rings. The van der Waals surface area contributed by atoms with E-state index in [9.17, 15) is 28.2 Å². The molecule has 0 saturated heterocycles. The van der Waals surface area contributed by atoms with E-state index in [1.807, 2.05) is 48.1 Å². The van der Waals surface area contributed by atoms with E-state index < -0.39 is 34.1 Å². The van der Waals surface area contributed by atoms with Crippen LogP contribution in [0.5, 0.6) is 5.75 Å². The van der Waals surface area contributed by atoms with Crippen LogP contribution in [0.1, 0.15) is 37.7 Å². The van der Waals surface area contributed by atoms with Gasteiger partial charge in [-0.3, -0.25) is 14.3 Å². The number of rotatable bonds is 12. The average Bonchev–Trinajstić information content (AvgIpc) is 2.98. The lowest BCUT2D eigenvalue weighted by Crippen LogP contribution is -2.28. The number of amides is 1. The normalized spacial score (nSPS) is 22.2. The summed E-state index contributed by atoms with van der Waals surface area (Å²) in [6, 6.07) is 7.50. The minimum Gasteiger partial charge on any atom is -0.491 e. The number of carbonyl (C=O) groups excluding carboxylic acids is 2. The van der Waals surface area contributed by atoms with Crippen molar-refractivity contribution in [3.05, 3.63) is 54.1 Å². The summed E-state index contributed by atoms with van der Waals surface area (Å²) in [5.74, 6) is -0.687. The van der Waals surface area contributed by atoms with Gasteiger partial charge in [0.15, 0.2) is 0 Å². The Balaban J connectivity index is 1.79. The van der Waals surface area contributed by atoms with E-state index in [-0.39, 0.29) is 31.1 Å². The third-order valence-electron chi connectivity index (χ3n) is 5.33. The van der Waals surface area contributed by atoms with Gasteiger partial charge in [0.25, 0.3) is 0 Å². The fraction of sp³-hybridized carbons (Fsp3) is 0.500. The SMILES string of the molecule is Cc1cccc(OC[C@H](O)/C=C/C2[C@H](O)CC(=O)[C@@H]2C/C=C\CCCC(=O)NS(C)(=O)=O)c1. The van der Waals surface area contributed by atoms with Gasteiger partial charge in [-0.25, -0.2) is 8.42 Å². The summed E-state index contributed by atoms with van der Waals surface area (Å²) >= 11 is 0. The molecule has 1 aliphatic carbocycles. The van der Waals surface area contributed by atoms with Gasteiger partial charge in [0.2, 0.25) is 15.9 Å². The number of aliphatic hydroxyl groups is 2. The number of Topliss-reactive ketones (excluding diaryl/α,β-unsaturated/α-hetero) is 1. The van der Waals surface area contributed by atoms with Crippen LogP contribution in [0.25, 0.3) is 0 Å². The van der Waals surface area contributed by atoms with Gasteiger partial charge in [-0.05, 0) is 43.9 Å². The lowest BCUT2D eigenvalue weighted by molar-refractivity contribution is -0.121. The molecule has 1 aromatic rings. The number of ketones is 1. The van der Waals surface area contributed by atoms with Crippen molar-refractivity contribution in [1.29, 1.82) is 0 Å². The Kier molecular flexibility index (Phi) is 10.3. The average molecular weight is 480 g/mol. The van der Waals surface area contributed by atoms with Crippen molar-refractivity contribution in [1.82, 2.24) is 4.72 Å².